The maximum absolute atomic E-state index is 14.9. The standard InChI is InChI=1S/C23H19F2N3/c1-14-9-8-12-17(16-10-6-5-7-11-16)22(14)28-15(2)27(4)23-19(28)13-18(24)21(26-3)20(23)25/h5-13,15H,1-2,4H3/t15-/m0/s1. The molecular weight excluding hydrogens is 356 g/mol. The van der Waals surface area contributed by atoms with Crippen LogP contribution in [-0.4, -0.2) is 13.2 Å². The number of para-hydroxylation sites is 1. The third-order valence-electron chi connectivity index (χ3n) is 5.37. The summed E-state index contributed by atoms with van der Waals surface area (Å²) in [5, 5.41) is 0. The third-order valence-corrected chi connectivity index (χ3v) is 5.37. The van der Waals surface area contributed by atoms with Crippen LogP contribution in [0.25, 0.3) is 16.0 Å². The molecule has 0 saturated carbocycles. The minimum Gasteiger partial charge on any atom is -0.351 e. The second-order valence-corrected chi connectivity index (χ2v) is 6.95. The lowest BCUT2D eigenvalue weighted by Gasteiger charge is -2.31. The SMILES string of the molecule is [C-]#[N+]c1c(F)cc2c(c1F)N(C)[C@H](C)N2c1c(C)cccc1-c1ccccc1. The van der Waals surface area contributed by atoms with E-state index in [0.717, 1.165) is 22.4 Å². The van der Waals surface area contributed by atoms with Crippen molar-refractivity contribution < 1.29 is 8.78 Å². The predicted molar refractivity (Wildman–Crippen MR) is 109 cm³/mol. The van der Waals surface area contributed by atoms with Gasteiger partial charge in [0.25, 0.3) is 5.69 Å². The van der Waals surface area contributed by atoms with Crippen molar-refractivity contribution in [1.82, 2.24) is 0 Å². The van der Waals surface area contributed by atoms with E-state index in [9.17, 15) is 8.78 Å². The van der Waals surface area contributed by atoms with Gasteiger partial charge in [-0.25, -0.2) is 13.6 Å². The summed E-state index contributed by atoms with van der Waals surface area (Å²) in [6.45, 7) is 11.0. The summed E-state index contributed by atoms with van der Waals surface area (Å²) >= 11 is 0. The van der Waals surface area contributed by atoms with Crippen LogP contribution in [0.4, 0.5) is 31.5 Å². The van der Waals surface area contributed by atoms with E-state index in [4.69, 9.17) is 6.57 Å². The fourth-order valence-electron chi connectivity index (χ4n) is 3.91. The number of anilines is 3. The van der Waals surface area contributed by atoms with E-state index in [2.05, 4.69) is 4.85 Å². The smallest absolute Gasteiger partial charge is 0.259 e. The molecule has 1 aliphatic rings. The number of hydrogen-bond acceptors (Lipinski definition) is 2. The number of halogens is 2. The molecule has 0 fully saturated rings. The average Bonchev–Trinajstić information content (AvgIpc) is 2.93. The molecule has 0 amide bonds. The normalized spacial score (nSPS) is 15.5. The summed E-state index contributed by atoms with van der Waals surface area (Å²) in [4.78, 5) is 6.74. The Labute approximate surface area is 163 Å². The molecule has 1 heterocycles. The zero-order valence-electron chi connectivity index (χ0n) is 15.9. The van der Waals surface area contributed by atoms with Gasteiger partial charge in [-0.3, -0.25) is 0 Å². The molecule has 0 radical (unpaired) electrons. The molecule has 140 valence electrons. The van der Waals surface area contributed by atoms with E-state index >= 15 is 0 Å². The number of fused-ring (bicyclic) bond motifs is 1. The molecule has 1 aliphatic heterocycles. The van der Waals surface area contributed by atoms with E-state index in [0.29, 0.717) is 5.69 Å². The van der Waals surface area contributed by atoms with Crippen molar-refractivity contribution in [3.8, 4) is 11.1 Å². The number of benzene rings is 3. The Kier molecular flexibility index (Phi) is 4.27. The van der Waals surface area contributed by atoms with Gasteiger partial charge in [-0.15, -0.1) is 0 Å². The van der Waals surface area contributed by atoms with Crippen LogP contribution in [0.5, 0.6) is 0 Å². The first kappa shape index (κ1) is 18.0. The van der Waals surface area contributed by atoms with Gasteiger partial charge in [0.05, 0.1) is 23.6 Å². The van der Waals surface area contributed by atoms with Gasteiger partial charge in [0, 0.05) is 12.6 Å². The Morgan fingerprint density at radius 2 is 1.71 bits per heavy atom. The lowest BCUT2D eigenvalue weighted by Crippen LogP contribution is -2.36. The van der Waals surface area contributed by atoms with Gasteiger partial charge in [-0.05, 0) is 31.0 Å². The van der Waals surface area contributed by atoms with Gasteiger partial charge >= 0.3 is 0 Å². The van der Waals surface area contributed by atoms with Crippen LogP contribution in [0, 0.1) is 25.1 Å². The number of rotatable bonds is 2. The van der Waals surface area contributed by atoms with E-state index in [1.165, 1.54) is 6.07 Å². The minimum absolute atomic E-state index is 0.242. The van der Waals surface area contributed by atoms with Gasteiger partial charge in [0.15, 0.2) is 5.82 Å². The largest absolute Gasteiger partial charge is 0.351 e. The van der Waals surface area contributed by atoms with Crippen LogP contribution in [-0.2, 0) is 0 Å². The van der Waals surface area contributed by atoms with Crippen LogP contribution in [0.15, 0.2) is 54.6 Å². The Morgan fingerprint density at radius 3 is 2.39 bits per heavy atom. The van der Waals surface area contributed by atoms with E-state index in [-0.39, 0.29) is 11.9 Å². The lowest BCUT2D eigenvalue weighted by atomic mass is 9.99. The van der Waals surface area contributed by atoms with Crippen molar-refractivity contribution >= 4 is 22.7 Å². The Bertz CT molecular complexity index is 1100. The fourth-order valence-corrected chi connectivity index (χ4v) is 3.91. The first-order valence-electron chi connectivity index (χ1n) is 9.02. The zero-order valence-corrected chi connectivity index (χ0v) is 15.9. The van der Waals surface area contributed by atoms with Crippen LogP contribution in [0.2, 0.25) is 0 Å². The molecule has 0 saturated heterocycles. The quantitative estimate of drug-likeness (QED) is 0.478. The molecule has 4 rings (SSSR count). The molecule has 0 spiro atoms. The van der Waals surface area contributed by atoms with Crippen LogP contribution < -0.4 is 9.80 Å². The molecule has 3 aromatic carbocycles. The first-order valence-corrected chi connectivity index (χ1v) is 9.02. The second-order valence-electron chi connectivity index (χ2n) is 6.95. The van der Waals surface area contributed by atoms with Gasteiger partial charge < -0.3 is 9.80 Å². The van der Waals surface area contributed by atoms with E-state index < -0.39 is 17.3 Å². The van der Waals surface area contributed by atoms with E-state index in [1.807, 2.05) is 67.3 Å². The van der Waals surface area contributed by atoms with Gasteiger partial charge in [0.1, 0.15) is 12.0 Å². The average molecular weight is 375 g/mol. The van der Waals surface area contributed by atoms with Gasteiger partial charge in [0.2, 0.25) is 0 Å². The highest BCUT2D eigenvalue weighted by atomic mass is 19.1. The topological polar surface area (TPSA) is 10.8 Å². The van der Waals surface area contributed by atoms with Crippen molar-refractivity contribution in [2.75, 3.05) is 16.8 Å². The minimum atomic E-state index is -0.839. The van der Waals surface area contributed by atoms with Crippen LogP contribution >= 0.6 is 0 Å². The molecule has 0 aromatic heterocycles. The highest BCUT2D eigenvalue weighted by molar-refractivity contribution is 5.93. The number of aryl methyl sites for hydroxylation is 1. The molecule has 0 aliphatic carbocycles. The van der Waals surface area contributed by atoms with Crippen molar-refractivity contribution in [1.29, 1.82) is 0 Å². The lowest BCUT2D eigenvalue weighted by molar-refractivity contribution is 0.594. The monoisotopic (exact) mass is 375 g/mol. The van der Waals surface area contributed by atoms with Crippen molar-refractivity contribution in [3.05, 3.63) is 83.2 Å². The fraction of sp³-hybridized carbons (Fsp3) is 0.174. The van der Waals surface area contributed by atoms with Crippen molar-refractivity contribution in [3.63, 3.8) is 0 Å². The maximum atomic E-state index is 14.9. The Balaban J connectivity index is 2.00. The Morgan fingerprint density at radius 1 is 1.00 bits per heavy atom. The highest BCUT2D eigenvalue weighted by Gasteiger charge is 2.37. The molecule has 28 heavy (non-hydrogen) atoms. The number of nitrogens with zero attached hydrogens (tertiary/aromatic N) is 3. The summed E-state index contributed by atoms with van der Waals surface area (Å²) in [7, 11) is 1.76. The van der Waals surface area contributed by atoms with Gasteiger partial charge in [-0.2, -0.15) is 0 Å². The third kappa shape index (κ3) is 2.53. The molecule has 5 heteroatoms. The van der Waals surface area contributed by atoms with Crippen LogP contribution in [0.3, 0.4) is 0 Å². The summed E-state index contributed by atoms with van der Waals surface area (Å²) < 4.78 is 29.4. The summed E-state index contributed by atoms with van der Waals surface area (Å²) in [6.07, 6.45) is -0.242. The second kappa shape index (κ2) is 6.65. The van der Waals surface area contributed by atoms with Crippen molar-refractivity contribution in [2.45, 2.75) is 20.0 Å². The summed E-state index contributed by atoms with van der Waals surface area (Å²) in [5.74, 6) is -1.65. The number of hydrogen-bond donors (Lipinski definition) is 0. The van der Waals surface area contributed by atoms with Crippen molar-refractivity contribution in [2.24, 2.45) is 0 Å². The molecule has 3 nitrogen and oxygen atoms in total. The summed E-state index contributed by atoms with van der Waals surface area (Å²) in [5.41, 5.74) is 4.05. The predicted octanol–water partition coefficient (Wildman–Crippen LogP) is 6.42. The molecule has 1 atom stereocenters. The molecule has 0 N–H and O–H groups in total. The summed E-state index contributed by atoms with van der Waals surface area (Å²) in [6, 6.07) is 17.2. The van der Waals surface area contributed by atoms with Gasteiger partial charge in [-0.1, -0.05) is 48.5 Å². The highest BCUT2D eigenvalue weighted by Crippen LogP contribution is 2.50. The van der Waals surface area contributed by atoms with Crippen LogP contribution in [0.1, 0.15) is 12.5 Å². The Hall–Kier alpha value is -3.39. The molecule has 0 unspecified atom stereocenters. The molecule has 0 bridgehead atoms. The molecular formula is C23H19F2N3. The molecule has 3 aromatic rings. The first-order chi connectivity index (χ1) is 13.5. The zero-order chi connectivity index (χ0) is 20.0. The maximum Gasteiger partial charge on any atom is 0.259 e. The van der Waals surface area contributed by atoms with E-state index in [1.54, 1.807) is 11.9 Å².